The van der Waals surface area contributed by atoms with Crippen molar-refractivity contribution in [1.29, 1.82) is 0 Å². The van der Waals surface area contributed by atoms with Gasteiger partial charge in [0.15, 0.2) is 0 Å². The zero-order chi connectivity index (χ0) is 12.7. The van der Waals surface area contributed by atoms with E-state index < -0.39 is 6.04 Å². The molecule has 0 unspecified atom stereocenters. The predicted molar refractivity (Wildman–Crippen MR) is 68.5 cm³/mol. The van der Waals surface area contributed by atoms with Crippen molar-refractivity contribution in [3.8, 4) is 0 Å². The second kappa shape index (κ2) is 6.97. The Bertz CT molecular complexity index is 238. The van der Waals surface area contributed by atoms with Gasteiger partial charge >= 0.3 is 0 Å². The Labute approximate surface area is 104 Å². The second-order valence-corrected chi connectivity index (χ2v) is 5.33. The van der Waals surface area contributed by atoms with Crippen molar-refractivity contribution < 1.29 is 9.90 Å². The first-order valence-electron chi connectivity index (χ1n) is 6.78. The van der Waals surface area contributed by atoms with Crippen LogP contribution in [0.5, 0.6) is 0 Å². The van der Waals surface area contributed by atoms with Gasteiger partial charge in [-0.1, -0.05) is 32.6 Å². The number of aliphatic hydroxyl groups is 1. The van der Waals surface area contributed by atoms with Gasteiger partial charge in [-0.3, -0.25) is 4.79 Å². The van der Waals surface area contributed by atoms with E-state index in [1.54, 1.807) is 0 Å². The molecule has 1 saturated carbocycles. The number of nitrogens with one attached hydrogen (secondary N) is 1. The molecular formula is C13H26N2O2. The van der Waals surface area contributed by atoms with Gasteiger partial charge in [-0.15, -0.1) is 0 Å². The summed E-state index contributed by atoms with van der Waals surface area (Å²) in [6.45, 7) is 2.82. The molecule has 1 rings (SSSR count). The third-order valence-corrected chi connectivity index (χ3v) is 3.84. The van der Waals surface area contributed by atoms with Crippen LogP contribution in [0.25, 0.3) is 0 Å². The Morgan fingerprint density at radius 2 is 2.12 bits per heavy atom. The zero-order valence-electron chi connectivity index (χ0n) is 10.9. The van der Waals surface area contributed by atoms with E-state index in [0.29, 0.717) is 6.54 Å². The molecule has 100 valence electrons. The van der Waals surface area contributed by atoms with E-state index in [9.17, 15) is 9.90 Å². The number of aliphatic hydroxyl groups excluding tert-OH is 1. The van der Waals surface area contributed by atoms with Gasteiger partial charge in [0.1, 0.15) is 0 Å². The summed E-state index contributed by atoms with van der Waals surface area (Å²) < 4.78 is 0. The summed E-state index contributed by atoms with van der Waals surface area (Å²) in [4.78, 5) is 11.7. The van der Waals surface area contributed by atoms with Crippen molar-refractivity contribution in [2.45, 2.75) is 57.9 Å². The van der Waals surface area contributed by atoms with Gasteiger partial charge in [-0.2, -0.15) is 0 Å². The molecular weight excluding hydrogens is 216 g/mol. The number of amides is 1. The van der Waals surface area contributed by atoms with Gasteiger partial charge in [0.25, 0.3) is 0 Å². The van der Waals surface area contributed by atoms with Crippen LogP contribution in [-0.2, 0) is 4.79 Å². The third kappa shape index (κ3) is 4.28. The quantitative estimate of drug-likeness (QED) is 0.627. The van der Waals surface area contributed by atoms with Crippen molar-refractivity contribution >= 4 is 5.91 Å². The maximum absolute atomic E-state index is 11.7. The van der Waals surface area contributed by atoms with Gasteiger partial charge in [0.05, 0.1) is 12.6 Å². The molecule has 1 aliphatic rings. The van der Waals surface area contributed by atoms with Gasteiger partial charge in [0, 0.05) is 12.0 Å². The highest BCUT2D eigenvalue weighted by molar-refractivity contribution is 5.81. The molecule has 1 aliphatic carbocycles. The van der Waals surface area contributed by atoms with Crippen LogP contribution >= 0.6 is 0 Å². The summed E-state index contributed by atoms with van der Waals surface area (Å²) in [6.07, 6.45) is 7.11. The predicted octanol–water partition coefficient (Wildman–Crippen LogP) is 1.17. The molecule has 0 spiro atoms. The number of nitrogens with two attached hydrogens (primary N) is 1. The van der Waals surface area contributed by atoms with Crippen molar-refractivity contribution in [2.75, 3.05) is 13.2 Å². The first kappa shape index (κ1) is 14.5. The number of carbonyl (C=O) groups is 1. The largest absolute Gasteiger partial charge is 0.396 e. The van der Waals surface area contributed by atoms with Crippen molar-refractivity contribution in [3.05, 3.63) is 0 Å². The fraction of sp³-hybridized carbons (Fsp3) is 0.923. The lowest BCUT2D eigenvalue weighted by atomic mass is 9.87. The van der Waals surface area contributed by atoms with Gasteiger partial charge in [0.2, 0.25) is 5.91 Å². The molecule has 0 aromatic heterocycles. The van der Waals surface area contributed by atoms with E-state index in [1.165, 1.54) is 0 Å². The molecule has 0 heterocycles. The molecule has 1 fully saturated rings. The third-order valence-electron chi connectivity index (χ3n) is 3.84. The number of unbranched alkanes of at least 4 members (excludes halogenated alkanes) is 1. The summed E-state index contributed by atoms with van der Waals surface area (Å²) in [5.74, 6) is -0.0711. The van der Waals surface area contributed by atoms with E-state index >= 15 is 0 Å². The summed E-state index contributed by atoms with van der Waals surface area (Å²) in [7, 11) is 0. The number of hydrogen-bond donors (Lipinski definition) is 3. The van der Waals surface area contributed by atoms with Crippen LogP contribution in [0.15, 0.2) is 0 Å². The average Bonchev–Trinajstić information content (AvgIpc) is 2.82. The SMILES string of the molecule is CCCC[C@H](N)C(=O)NCC1(CO)CCCC1. The Morgan fingerprint density at radius 1 is 1.47 bits per heavy atom. The minimum atomic E-state index is -0.396. The molecule has 1 amide bonds. The Balaban J connectivity index is 2.31. The number of hydrogen-bond acceptors (Lipinski definition) is 3. The van der Waals surface area contributed by atoms with E-state index in [0.717, 1.165) is 44.9 Å². The summed E-state index contributed by atoms with van der Waals surface area (Å²) >= 11 is 0. The van der Waals surface area contributed by atoms with Crippen LogP contribution in [0.2, 0.25) is 0 Å². The van der Waals surface area contributed by atoms with E-state index in [4.69, 9.17) is 5.73 Å². The number of rotatable bonds is 7. The van der Waals surface area contributed by atoms with Crippen molar-refractivity contribution in [1.82, 2.24) is 5.32 Å². The molecule has 17 heavy (non-hydrogen) atoms. The topological polar surface area (TPSA) is 75.4 Å². The van der Waals surface area contributed by atoms with Crippen LogP contribution in [0.3, 0.4) is 0 Å². The monoisotopic (exact) mass is 242 g/mol. The maximum Gasteiger partial charge on any atom is 0.236 e. The van der Waals surface area contributed by atoms with E-state index in [-0.39, 0.29) is 17.9 Å². The molecule has 0 aliphatic heterocycles. The molecule has 4 nitrogen and oxygen atoms in total. The van der Waals surface area contributed by atoms with Crippen LogP contribution in [0, 0.1) is 5.41 Å². The fourth-order valence-corrected chi connectivity index (χ4v) is 2.48. The lowest BCUT2D eigenvalue weighted by molar-refractivity contribution is -0.123. The minimum Gasteiger partial charge on any atom is -0.396 e. The molecule has 0 aromatic carbocycles. The lowest BCUT2D eigenvalue weighted by Gasteiger charge is -2.27. The summed E-state index contributed by atoms with van der Waals surface area (Å²) in [6, 6.07) is -0.396. The Morgan fingerprint density at radius 3 is 2.65 bits per heavy atom. The normalized spacial score (nSPS) is 20.2. The molecule has 4 N–H and O–H groups in total. The highest BCUT2D eigenvalue weighted by atomic mass is 16.3. The van der Waals surface area contributed by atoms with Crippen LogP contribution in [0.4, 0.5) is 0 Å². The standard InChI is InChI=1S/C13H26N2O2/c1-2-3-6-11(14)12(17)15-9-13(10-16)7-4-5-8-13/h11,16H,2-10,14H2,1H3,(H,15,17)/t11-/m0/s1. The van der Waals surface area contributed by atoms with Gasteiger partial charge < -0.3 is 16.2 Å². The maximum atomic E-state index is 11.7. The average molecular weight is 242 g/mol. The molecule has 0 radical (unpaired) electrons. The van der Waals surface area contributed by atoms with Gasteiger partial charge in [-0.25, -0.2) is 0 Å². The fourth-order valence-electron chi connectivity index (χ4n) is 2.48. The van der Waals surface area contributed by atoms with Crippen molar-refractivity contribution in [3.63, 3.8) is 0 Å². The molecule has 1 atom stereocenters. The Kier molecular flexibility index (Phi) is 5.92. The summed E-state index contributed by atoms with van der Waals surface area (Å²) in [5, 5.41) is 12.3. The lowest BCUT2D eigenvalue weighted by Crippen LogP contribution is -2.45. The van der Waals surface area contributed by atoms with E-state index in [2.05, 4.69) is 12.2 Å². The molecule has 0 bridgehead atoms. The second-order valence-electron chi connectivity index (χ2n) is 5.33. The van der Waals surface area contributed by atoms with Crippen molar-refractivity contribution in [2.24, 2.45) is 11.1 Å². The van der Waals surface area contributed by atoms with Gasteiger partial charge in [-0.05, 0) is 19.3 Å². The number of carbonyl (C=O) groups excluding carboxylic acids is 1. The smallest absolute Gasteiger partial charge is 0.236 e. The van der Waals surface area contributed by atoms with Crippen LogP contribution in [0.1, 0.15) is 51.9 Å². The molecule has 4 heteroatoms. The molecule has 0 saturated heterocycles. The zero-order valence-corrected chi connectivity index (χ0v) is 10.9. The van der Waals surface area contributed by atoms with Crippen LogP contribution < -0.4 is 11.1 Å². The highest BCUT2D eigenvalue weighted by Gasteiger charge is 2.33. The van der Waals surface area contributed by atoms with Crippen LogP contribution in [-0.4, -0.2) is 30.2 Å². The first-order valence-corrected chi connectivity index (χ1v) is 6.78. The first-order chi connectivity index (χ1) is 8.13. The molecule has 0 aromatic rings. The Hall–Kier alpha value is -0.610. The summed E-state index contributed by atoms with van der Waals surface area (Å²) in [5.41, 5.74) is 5.71. The van der Waals surface area contributed by atoms with E-state index in [1.807, 2.05) is 0 Å². The minimum absolute atomic E-state index is 0.0711. The highest BCUT2D eigenvalue weighted by Crippen LogP contribution is 2.36.